The van der Waals surface area contributed by atoms with Crippen molar-refractivity contribution >= 4 is 10.2 Å². The lowest BCUT2D eigenvalue weighted by atomic mass is 9.96. The molecule has 0 spiro atoms. The van der Waals surface area contributed by atoms with Crippen LogP contribution in [0.2, 0.25) is 0 Å². The van der Waals surface area contributed by atoms with E-state index in [0.717, 1.165) is 32.1 Å². The highest BCUT2D eigenvalue weighted by molar-refractivity contribution is 7.87. The normalized spacial score (nSPS) is 22.4. The fourth-order valence-electron chi connectivity index (χ4n) is 2.28. The number of hydrogen-bond acceptors (Lipinski definition) is 3. The summed E-state index contributed by atoms with van der Waals surface area (Å²) in [6.07, 6.45) is 5.58. The summed E-state index contributed by atoms with van der Waals surface area (Å²) in [5.74, 6) is 0. The molecule has 3 N–H and O–H groups in total. The van der Waals surface area contributed by atoms with Crippen LogP contribution in [0.25, 0.3) is 0 Å². The van der Waals surface area contributed by atoms with Gasteiger partial charge in [0.05, 0.1) is 0 Å². The van der Waals surface area contributed by atoms with E-state index in [1.54, 1.807) is 4.31 Å². The predicted molar refractivity (Wildman–Crippen MR) is 74.5 cm³/mol. The van der Waals surface area contributed by atoms with E-state index < -0.39 is 15.7 Å². The Hall–Kier alpha value is -0.170. The van der Waals surface area contributed by atoms with Crippen molar-refractivity contribution in [3.05, 3.63) is 0 Å². The van der Waals surface area contributed by atoms with E-state index in [-0.39, 0.29) is 0 Å². The quantitative estimate of drug-likeness (QED) is 0.766. The Kier molecular flexibility index (Phi) is 6.04. The fourth-order valence-corrected chi connectivity index (χ4v) is 4.01. The van der Waals surface area contributed by atoms with Crippen LogP contribution >= 0.6 is 0 Å². The number of nitrogens with zero attached hydrogens (tertiary/aromatic N) is 1. The minimum Gasteiger partial charge on any atom is -0.330 e. The Morgan fingerprint density at radius 1 is 1.22 bits per heavy atom. The molecule has 1 aliphatic rings. The summed E-state index contributed by atoms with van der Waals surface area (Å²) in [7, 11) is -3.37. The molecule has 1 unspecified atom stereocenters. The van der Waals surface area contributed by atoms with Crippen molar-refractivity contribution in [2.45, 2.75) is 57.9 Å². The molecular weight excluding hydrogens is 250 g/mol. The van der Waals surface area contributed by atoms with Gasteiger partial charge in [-0.05, 0) is 39.2 Å². The van der Waals surface area contributed by atoms with Crippen molar-refractivity contribution < 1.29 is 8.42 Å². The molecular formula is C12H27N3O2S. The van der Waals surface area contributed by atoms with Crippen molar-refractivity contribution in [3.8, 4) is 0 Å². The van der Waals surface area contributed by atoms with Crippen molar-refractivity contribution in [1.29, 1.82) is 0 Å². The molecule has 1 fully saturated rings. The number of hydrogen-bond donors (Lipinski definition) is 2. The topological polar surface area (TPSA) is 75.4 Å². The van der Waals surface area contributed by atoms with Crippen LogP contribution < -0.4 is 10.5 Å². The summed E-state index contributed by atoms with van der Waals surface area (Å²) >= 11 is 0. The van der Waals surface area contributed by atoms with E-state index in [2.05, 4.69) is 4.72 Å². The summed E-state index contributed by atoms with van der Waals surface area (Å²) in [6, 6.07) is 0. The van der Waals surface area contributed by atoms with Gasteiger partial charge < -0.3 is 5.73 Å². The molecule has 0 aromatic carbocycles. The highest BCUT2D eigenvalue weighted by Gasteiger charge is 2.31. The monoisotopic (exact) mass is 277 g/mol. The highest BCUT2D eigenvalue weighted by atomic mass is 32.2. The molecule has 0 radical (unpaired) electrons. The zero-order valence-corrected chi connectivity index (χ0v) is 12.4. The second-order valence-corrected chi connectivity index (χ2v) is 7.04. The zero-order chi connectivity index (χ0) is 13.6. The first-order chi connectivity index (χ1) is 8.43. The maximum absolute atomic E-state index is 12.4. The third kappa shape index (κ3) is 4.50. The standard InChI is InChI=1S/C12H27N3O2S/c1-3-12(2,8-9-13)14-18(16,17)15-10-6-4-5-7-11-15/h14H,3-11,13H2,1-2H3. The Morgan fingerprint density at radius 3 is 2.22 bits per heavy atom. The Morgan fingerprint density at radius 2 is 1.78 bits per heavy atom. The van der Waals surface area contributed by atoms with E-state index in [9.17, 15) is 8.42 Å². The maximum Gasteiger partial charge on any atom is 0.279 e. The largest absolute Gasteiger partial charge is 0.330 e. The summed E-state index contributed by atoms with van der Waals surface area (Å²) in [5, 5.41) is 0. The van der Waals surface area contributed by atoms with E-state index in [0.29, 0.717) is 26.1 Å². The second-order valence-electron chi connectivity index (χ2n) is 5.37. The van der Waals surface area contributed by atoms with E-state index in [1.807, 2.05) is 13.8 Å². The number of rotatable bonds is 6. The first kappa shape index (κ1) is 15.9. The highest BCUT2D eigenvalue weighted by Crippen LogP contribution is 2.18. The van der Waals surface area contributed by atoms with Crippen LogP contribution in [0.5, 0.6) is 0 Å². The predicted octanol–water partition coefficient (Wildman–Crippen LogP) is 1.21. The molecule has 5 nitrogen and oxygen atoms in total. The number of nitrogens with two attached hydrogens (primary N) is 1. The van der Waals surface area contributed by atoms with E-state index in [1.165, 1.54) is 0 Å². The Labute approximate surface area is 111 Å². The smallest absolute Gasteiger partial charge is 0.279 e. The van der Waals surface area contributed by atoms with Crippen molar-refractivity contribution in [1.82, 2.24) is 9.03 Å². The van der Waals surface area contributed by atoms with E-state index in [4.69, 9.17) is 5.73 Å². The van der Waals surface area contributed by atoms with Gasteiger partial charge in [0.15, 0.2) is 0 Å². The minimum atomic E-state index is -3.37. The molecule has 1 saturated heterocycles. The second kappa shape index (κ2) is 6.84. The Balaban J connectivity index is 2.72. The van der Waals surface area contributed by atoms with Crippen LogP contribution in [-0.4, -0.2) is 37.9 Å². The average molecular weight is 277 g/mol. The first-order valence-electron chi connectivity index (χ1n) is 6.92. The lowest BCUT2D eigenvalue weighted by Gasteiger charge is -2.32. The maximum atomic E-state index is 12.4. The van der Waals surface area contributed by atoms with E-state index >= 15 is 0 Å². The summed E-state index contributed by atoms with van der Waals surface area (Å²) < 4.78 is 29.1. The SMILES string of the molecule is CCC(C)(CCN)NS(=O)(=O)N1CCCCCC1. The fraction of sp³-hybridized carbons (Fsp3) is 1.00. The zero-order valence-electron chi connectivity index (χ0n) is 11.6. The molecule has 1 rings (SSSR count). The van der Waals surface area contributed by atoms with Gasteiger partial charge in [0.1, 0.15) is 0 Å². The minimum absolute atomic E-state index is 0.431. The molecule has 108 valence electrons. The third-order valence-electron chi connectivity index (χ3n) is 3.76. The first-order valence-corrected chi connectivity index (χ1v) is 8.37. The molecule has 1 aliphatic heterocycles. The summed E-state index contributed by atoms with van der Waals surface area (Å²) in [5.41, 5.74) is 5.13. The molecule has 18 heavy (non-hydrogen) atoms. The van der Waals surface area contributed by atoms with Gasteiger partial charge in [0.2, 0.25) is 0 Å². The van der Waals surface area contributed by atoms with Crippen molar-refractivity contribution in [3.63, 3.8) is 0 Å². The van der Waals surface area contributed by atoms with Crippen LogP contribution in [-0.2, 0) is 10.2 Å². The van der Waals surface area contributed by atoms with Gasteiger partial charge in [-0.15, -0.1) is 0 Å². The summed E-state index contributed by atoms with van der Waals surface area (Å²) in [4.78, 5) is 0. The van der Waals surface area contributed by atoms with Gasteiger partial charge >= 0.3 is 0 Å². The molecule has 6 heteroatoms. The van der Waals surface area contributed by atoms with Gasteiger partial charge in [-0.1, -0.05) is 19.8 Å². The van der Waals surface area contributed by atoms with Gasteiger partial charge in [-0.3, -0.25) is 0 Å². The van der Waals surface area contributed by atoms with Crippen molar-refractivity contribution in [2.75, 3.05) is 19.6 Å². The average Bonchev–Trinajstić information content (AvgIpc) is 2.57. The number of nitrogens with one attached hydrogen (secondary N) is 1. The van der Waals surface area contributed by atoms with Gasteiger partial charge in [-0.2, -0.15) is 17.4 Å². The molecule has 0 amide bonds. The molecule has 0 bridgehead atoms. The molecule has 1 heterocycles. The van der Waals surface area contributed by atoms with Crippen LogP contribution in [0.1, 0.15) is 52.4 Å². The molecule has 0 aromatic heterocycles. The third-order valence-corrected chi connectivity index (χ3v) is 5.55. The van der Waals surface area contributed by atoms with Crippen LogP contribution in [0.15, 0.2) is 0 Å². The van der Waals surface area contributed by atoms with Gasteiger partial charge in [-0.25, -0.2) is 0 Å². The lowest BCUT2D eigenvalue weighted by molar-refractivity contribution is 0.348. The Bertz CT molecular complexity index is 337. The van der Waals surface area contributed by atoms with Crippen LogP contribution in [0.4, 0.5) is 0 Å². The lowest BCUT2D eigenvalue weighted by Crippen LogP contribution is -2.52. The van der Waals surface area contributed by atoms with Crippen LogP contribution in [0.3, 0.4) is 0 Å². The summed E-state index contributed by atoms with van der Waals surface area (Å²) in [6.45, 7) is 5.68. The molecule has 0 aromatic rings. The van der Waals surface area contributed by atoms with Crippen LogP contribution in [0, 0.1) is 0 Å². The molecule has 0 saturated carbocycles. The van der Waals surface area contributed by atoms with Crippen molar-refractivity contribution in [2.24, 2.45) is 5.73 Å². The van der Waals surface area contributed by atoms with Gasteiger partial charge in [0.25, 0.3) is 10.2 Å². The molecule has 0 aliphatic carbocycles. The van der Waals surface area contributed by atoms with Gasteiger partial charge in [0, 0.05) is 18.6 Å². The molecule has 1 atom stereocenters.